The number of nitrogens with one attached hydrogen (secondary N) is 1. The molecule has 1 atom stereocenters. The van der Waals surface area contributed by atoms with Crippen LogP contribution >= 0.6 is 24.8 Å². The first-order valence-corrected chi connectivity index (χ1v) is 6.14. The SMILES string of the molecule is CCN1CCOC(C(=O)N2CCNCC2)C1.Cl.Cl. The lowest BCUT2D eigenvalue weighted by Crippen LogP contribution is -2.55. The molecule has 0 aromatic carbocycles. The third-order valence-corrected chi connectivity index (χ3v) is 3.30. The van der Waals surface area contributed by atoms with E-state index in [1.165, 1.54) is 0 Å². The summed E-state index contributed by atoms with van der Waals surface area (Å²) in [6.45, 7) is 8.91. The molecule has 7 heteroatoms. The van der Waals surface area contributed by atoms with E-state index in [4.69, 9.17) is 4.74 Å². The highest BCUT2D eigenvalue weighted by Gasteiger charge is 2.30. The van der Waals surface area contributed by atoms with Gasteiger partial charge in [0.05, 0.1) is 6.61 Å². The summed E-state index contributed by atoms with van der Waals surface area (Å²) in [5.41, 5.74) is 0. The van der Waals surface area contributed by atoms with Gasteiger partial charge < -0.3 is 15.0 Å². The standard InChI is InChI=1S/C11H21N3O2.2ClH/c1-2-13-7-8-16-10(9-13)11(15)14-5-3-12-4-6-14;;/h10,12H,2-9H2,1H3;2*1H. The summed E-state index contributed by atoms with van der Waals surface area (Å²) in [4.78, 5) is 16.4. The molecule has 0 spiro atoms. The Morgan fingerprint density at radius 2 is 1.94 bits per heavy atom. The summed E-state index contributed by atoms with van der Waals surface area (Å²) in [6.07, 6.45) is -0.244. The number of piperazine rings is 1. The lowest BCUT2D eigenvalue weighted by Gasteiger charge is -2.35. The Bertz CT molecular complexity index is 250. The quantitative estimate of drug-likeness (QED) is 0.779. The summed E-state index contributed by atoms with van der Waals surface area (Å²) >= 11 is 0. The van der Waals surface area contributed by atoms with Crippen LogP contribution in [-0.2, 0) is 9.53 Å². The van der Waals surface area contributed by atoms with Gasteiger partial charge in [0.1, 0.15) is 6.10 Å². The second-order valence-corrected chi connectivity index (χ2v) is 4.33. The number of hydrogen-bond acceptors (Lipinski definition) is 4. The van der Waals surface area contributed by atoms with E-state index < -0.39 is 0 Å². The van der Waals surface area contributed by atoms with Crippen molar-refractivity contribution in [1.82, 2.24) is 15.1 Å². The number of likely N-dealkylation sites (N-methyl/N-ethyl adjacent to an activating group) is 1. The molecule has 2 aliphatic heterocycles. The molecule has 5 nitrogen and oxygen atoms in total. The van der Waals surface area contributed by atoms with Crippen LogP contribution in [0, 0.1) is 0 Å². The minimum Gasteiger partial charge on any atom is -0.366 e. The lowest BCUT2D eigenvalue weighted by molar-refractivity contribution is -0.149. The highest BCUT2D eigenvalue weighted by atomic mass is 35.5. The maximum Gasteiger partial charge on any atom is 0.253 e. The van der Waals surface area contributed by atoms with Crippen molar-refractivity contribution in [1.29, 1.82) is 0 Å². The van der Waals surface area contributed by atoms with Gasteiger partial charge in [0.15, 0.2) is 0 Å². The van der Waals surface area contributed by atoms with Gasteiger partial charge in [-0.15, -0.1) is 24.8 Å². The zero-order chi connectivity index (χ0) is 11.4. The van der Waals surface area contributed by atoms with Crippen molar-refractivity contribution in [3.63, 3.8) is 0 Å². The molecule has 0 radical (unpaired) electrons. The van der Waals surface area contributed by atoms with Crippen molar-refractivity contribution in [3.05, 3.63) is 0 Å². The molecule has 1 N–H and O–H groups in total. The Kier molecular flexibility index (Phi) is 8.90. The number of rotatable bonds is 2. The van der Waals surface area contributed by atoms with E-state index in [0.29, 0.717) is 6.61 Å². The summed E-state index contributed by atoms with van der Waals surface area (Å²) < 4.78 is 5.57. The van der Waals surface area contributed by atoms with Crippen molar-refractivity contribution in [2.24, 2.45) is 0 Å². The van der Waals surface area contributed by atoms with Gasteiger partial charge in [-0.1, -0.05) is 6.92 Å². The molecule has 0 saturated carbocycles. The van der Waals surface area contributed by atoms with E-state index in [-0.39, 0.29) is 36.8 Å². The molecule has 2 aliphatic rings. The van der Waals surface area contributed by atoms with Gasteiger partial charge in [-0.05, 0) is 6.54 Å². The molecule has 18 heavy (non-hydrogen) atoms. The number of ether oxygens (including phenoxy) is 1. The van der Waals surface area contributed by atoms with Crippen LogP contribution in [0.15, 0.2) is 0 Å². The predicted molar refractivity (Wildman–Crippen MR) is 75.8 cm³/mol. The van der Waals surface area contributed by atoms with E-state index in [9.17, 15) is 4.79 Å². The van der Waals surface area contributed by atoms with Gasteiger partial charge in [0.25, 0.3) is 5.91 Å². The highest BCUT2D eigenvalue weighted by Crippen LogP contribution is 2.08. The average molecular weight is 300 g/mol. The van der Waals surface area contributed by atoms with E-state index in [0.717, 1.165) is 45.8 Å². The summed E-state index contributed by atoms with van der Waals surface area (Å²) in [5.74, 6) is 0.166. The molecule has 0 aromatic rings. The number of amides is 1. The second kappa shape index (κ2) is 8.93. The van der Waals surface area contributed by atoms with Gasteiger partial charge in [-0.2, -0.15) is 0 Å². The third kappa shape index (κ3) is 4.55. The Morgan fingerprint density at radius 3 is 2.56 bits per heavy atom. The van der Waals surface area contributed by atoms with Crippen LogP contribution in [0.1, 0.15) is 6.92 Å². The molecule has 2 heterocycles. The van der Waals surface area contributed by atoms with Gasteiger partial charge in [-0.3, -0.25) is 9.69 Å². The Balaban J connectivity index is 0.00000144. The smallest absolute Gasteiger partial charge is 0.253 e. The summed E-state index contributed by atoms with van der Waals surface area (Å²) in [7, 11) is 0. The molecule has 0 bridgehead atoms. The molecule has 0 aromatic heterocycles. The van der Waals surface area contributed by atoms with Crippen LogP contribution in [0.5, 0.6) is 0 Å². The molecule has 0 aliphatic carbocycles. The molecule has 108 valence electrons. The zero-order valence-electron chi connectivity index (χ0n) is 10.8. The van der Waals surface area contributed by atoms with E-state index in [1.807, 2.05) is 4.90 Å². The lowest BCUT2D eigenvalue weighted by atomic mass is 10.2. The van der Waals surface area contributed by atoms with Crippen LogP contribution in [0.2, 0.25) is 0 Å². The molecule has 2 saturated heterocycles. The van der Waals surface area contributed by atoms with Crippen molar-refractivity contribution in [2.45, 2.75) is 13.0 Å². The van der Waals surface area contributed by atoms with E-state index in [1.54, 1.807) is 0 Å². The van der Waals surface area contributed by atoms with Crippen molar-refractivity contribution in [2.75, 3.05) is 52.4 Å². The maximum atomic E-state index is 12.2. The van der Waals surface area contributed by atoms with Crippen LogP contribution in [0.25, 0.3) is 0 Å². The number of carbonyl (C=O) groups is 1. The van der Waals surface area contributed by atoms with Crippen molar-refractivity contribution < 1.29 is 9.53 Å². The maximum absolute atomic E-state index is 12.2. The first kappa shape index (κ1) is 17.9. The normalized spacial score (nSPS) is 24.9. The Hall–Kier alpha value is -0.0700. The first-order valence-electron chi connectivity index (χ1n) is 6.14. The topological polar surface area (TPSA) is 44.8 Å². The van der Waals surface area contributed by atoms with Crippen LogP contribution in [0.4, 0.5) is 0 Å². The minimum absolute atomic E-state index is 0. The number of hydrogen-bond donors (Lipinski definition) is 1. The van der Waals surface area contributed by atoms with E-state index >= 15 is 0 Å². The molecule has 2 rings (SSSR count). The molecular weight excluding hydrogens is 277 g/mol. The van der Waals surface area contributed by atoms with Gasteiger partial charge >= 0.3 is 0 Å². The number of morpholine rings is 1. The molecule has 1 unspecified atom stereocenters. The molecule has 1 amide bonds. The van der Waals surface area contributed by atoms with Crippen molar-refractivity contribution >= 4 is 30.7 Å². The fourth-order valence-electron chi connectivity index (χ4n) is 2.23. The third-order valence-electron chi connectivity index (χ3n) is 3.30. The van der Waals surface area contributed by atoms with Gasteiger partial charge in [-0.25, -0.2) is 0 Å². The number of nitrogens with zero attached hydrogens (tertiary/aromatic N) is 2. The fourth-order valence-corrected chi connectivity index (χ4v) is 2.23. The van der Waals surface area contributed by atoms with Crippen LogP contribution < -0.4 is 5.32 Å². The monoisotopic (exact) mass is 299 g/mol. The summed E-state index contributed by atoms with van der Waals surface area (Å²) in [5, 5.41) is 3.25. The fraction of sp³-hybridized carbons (Fsp3) is 0.909. The average Bonchev–Trinajstić information content (AvgIpc) is 2.39. The van der Waals surface area contributed by atoms with Gasteiger partial charge in [0, 0.05) is 39.3 Å². The predicted octanol–water partition coefficient (Wildman–Crippen LogP) is -0.0175. The van der Waals surface area contributed by atoms with Crippen LogP contribution in [-0.4, -0.2) is 74.2 Å². The van der Waals surface area contributed by atoms with Crippen LogP contribution in [0.3, 0.4) is 0 Å². The number of carbonyl (C=O) groups excluding carboxylic acids is 1. The van der Waals surface area contributed by atoms with Gasteiger partial charge in [0.2, 0.25) is 0 Å². The summed E-state index contributed by atoms with van der Waals surface area (Å²) in [6, 6.07) is 0. The minimum atomic E-state index is -0.244. The molecular formula is C11H23Cl2N3O2. The Labute approximate surface area is 121 Å². The number of halogens is 2. The molecule has 2 fully saturated rings. The second-order valence-electron chi connectivity index (χ2n) is 4.33. The Morgan fingerprint density at radius 1 is 1.28 bits per heavy atom. The zero-order valence-corrected chi connectivity index (χ0v) is 12.4. The van der Waals surface area contributed by atoms with Crippen molar-refractivity contribution in [3.8, 4) is 0 Å². The highest BCUT2D eigenvalue weighted by molar-refractivity contribution is 5.85. The van der Waals surface area contributed by atoms with E-state index in [2.05, 4.69) is 17.1 Å². The largest absolute Gasteiger partial charge is 0.366 e. The first-order chi connectivity index (χ1) is 7.81.